The van der Waals surface area contributed by atoms with Crippen LogP contribution in [0.1, 0.15) is 5.01 Å². The molecule has 0 spiro atoms. The van der Waals surface area contributed by atoms with Crippen LogP contribution in [0.5, 0.6) is 0 Å². The average molecular weight is 428 g/mol. The molecule has 0 saturated carbocycles. The number of hydrogen-bond acceptors (Lipinski definition) is 7. The van der Waals surface area contributed by atoms with Crippen LogP contribution in [0.2, 0.25) is 0 Å². The maximum absolute atomic E-state index is 10.7. The molecule has 9 heteroatoms. The Labute approximate surface area is 160 Å². The lowest BCUT2D eigenvalue weighted by Gasteiger charge is -2.00. The first-order valence-electron chi connectivity index (χ1n) is 7.27. The minimum atomic E-state index is -0.454. The summed E-state index contributed by atoms with van der Waals surface area (Å²) in [5.74, 6) is 0. The van der Waals surface area contributed by atoms with Gasteiger partial charge in [0.15, 0.2) is 10.7 Å². The van der Waals surface area contributed by atoms with E-state index in [1.807, 2.05) is 30.3 Å². The van der Waals surface area contributed by atoms with Gasteiger partial charge in [0.1, 0.15) is 6.07 Å². The lowest BCUT2D eigenvalue weighted by atomic mass is 10.1. The van der Waals surface area contributed by atoms with Crippen molar-refractivity contribution in [3.05, 3.63) is 73.5 Å². The Morgan fingerprint density at radius 1 is 1.23 bits per heavy atom. The smallest absolute Gasteiger partial charge is 0.269 e. The summed E-state index contributed by atoms with van der Waals surface area (Å²) in [7, 11) is 0. The van der Waals surface area contributed by atoms with Crippen LogP contribution >= 0.6 is 27.3 Å². The third kappa shape index (κ3) is 4.11. The average Bonchev–Trinajstić information content (AvgIpc) is 3.14. The second-order valence-corrected chi connectivity index (χ2v) is 6.81. The SMILES string of the molecule is N#C/C(=N\Nc1ccc(Br)cc1)c1nc(-c2ccc([N+](=O)[O-])cc2)cs1. The monoisotopic (exact) mass is 427 g/mol. The van der Waals surface area contributed by atoms with Crippen LogP contribution < -0.4 is 5.43 Å². The van der Waals surface area contributed by atoms with Crippen molar-refractivity contribution in [1.29, 1.82) is 5.26 Å². The van der Waals surface area contributed by atoms with Crippen LogP contribution in [-0.2, 0) is 0 Å². The van der Waals surface area contributed by atoms with Crippen molar-refractivity contribution in [3.8, 4) is 17.3 Å². The summed E-state index contributed by atoms with van der Waals surface area (Å²) in [4.78, 5) is 14.7. The molecule has 3 aromatic rings. The normalized spacial score (nSPS) is 11.0. The van der Waals surface area contributed by atoms with Crippen LogP contribution in [0.15, 0.2) is 63.5 Å². The molecule has 1 aromatic heterocycles. The molecule has 1 heterocycles. The topological polar surface area (TPSA) is 104 Å². The number of nitrogens with one attached hydrogen (secondary N) is 1. The van der Waals surface area contributed by atoms with E-state index in [1.165, 1.54) is 23.5 Å². The molecular weight excluding hydrogens is 418 g/mol. The second-order valence-electron chi connectivity index (χ2n) is 5.03. The van der Waals surface area contributed by atoms with Gasteiger partial charge in [-0.15, -0.1) is 11.3 Å². The number of halogens is 1. The highest BCUT2D eigenvalue weighted by molar-refractivity contribution is 9.10. The Morgan fingerprint density at radius 3 is 2.54 bits per heavy atom. The van der Waals surface area contributed by atoms with Crippen molar-refractivity contribution < 1.29 is 4.92 Å². The van der Waals surface area contributed by atoms with Crippen LogP contribution in [0.25, 0.3) is 11.3 Å². The predicted molar refractivity (Wildman–Crippen MR) is 104 cm³/mol. The molecule has 128 valence electrons. The summed E-state index contributed by atoms with van der Waals surface area (Å²) in [6, 6.07) is 15.5. The Bertz CT molecular complexity index is 1010. The lowest BCUT2D eigenvalue weighted by Crippen LogP contribution is -2.01. The molecule has 3 rings (SSSR count). The fourth-order valence-electron chi connectivity index (χ4n) is 2.03. The summed E-state index contributed by atoms with van der Waals surface area (Å²) in [6.45, 7) is 0. The molecule has 0 unspecified atom stereocenters. The van der Waals surface area contributed by atoms with Gasteiger partial charge in [-0.2, -0.15) is 10.4 Å². The molecule has 0 aliphatic carbocycles. The van der Waals surface area contributed by atoms with Gasteiger partial charge in [0, 0.05) is 27.5 Å². The van der Waals surface area contributed by atoms with Gasteiger partial charge >= 0.3 is 0 Å². The van der Waals surface area contributed by atoms with Gasteiger partial charge in [-0.25, -0.2) is 4.98 Å². The summed E-state index contributed by atoms with van der Waals surface area (Å²) >= 11 is 4.63. The minimum Gasteiger partial charge on any atom is -0.277 e. The van der Waals surface area contributed by atoms with Gasteiger partial charge in [0.05, 0.1) is 16.3 Å². The lowest BCUT2D eigenvalue weighted by molar-refractivity contribution is -0.384. The molecule has 0 fully saturated rings. The standard InChI is InChI=1S/C17H10BrN5O2S/c18-12-3-5-13(6-4-12)21-22-15(9-19)17-20-16(10-26-17)11-1-7-14(8-2-11)23(24)25/h1-8,10,21H/b22-15+. The van der Waals surface area contributed by atoms with Gasteiger partial charge in [-0.3, -0.25) is 15.5 Å². The second kappa shape index (κ2) is 7.86. The van der Waals surface area contributed by atoms with E-state index in [0.717, 1.165) is 15.7 Å². The zero-order chi connectivity index (χ0) is 18.5. The molecule has 2 aromatic carbocycles. The number of nitro benzene ring substituents is 1. The first-order valence-corrected chi connectivity index (χ1v) is 8.94. The van der Waals surface area contributed by atoms with Crippen LogP contribution in [0.3, 0.4) is 0 Å². The zero-order valence-electron chi connectivity index (χ0n) is 13.1. The molecule has 0 radical (unpaired) electrons. The third-order valence-corrected chi connectivity index (χ3v) is 4.71. The van der Waals surface area contributed by atoms with Gasteiger partial charge < -0.3 is 0 Å². The predicted octanol–water partition coefficient (Wildman–Crippen LogP) is 4.82. The van der Waals surface area contributed by atoms with E-state index in [0.29, 0.717) is 10.7 Å². The Kier molecular flexibility index (Phi) is 5.36. The number of non-ortho nitro benzene ring substituents is 1. The number of aromatic nitrogens is 1. The minimum absolute atomic E-state index is 0.0159. The molecular formula is C17H10BrN5O2S. The van der Waals surface area contributed by atoms with Crippen molar-refractivity contribution in [2.45, 2.75) is 0 Å². The van der Waals surface area contributed by atoms with E-state index in [9.17, 15) is 15.4 Å². The number of nitro groups is 1. The number of hydrazone groups is 1. The maximum Gasteiger partial charge on any atom is 0.269 e. The molecule has 0 bridgehead atoms. The highest BCUT2D eigenvalue weighted by atomic mass is 79.9. The van der Waals surface area contributed by atoms with Gasteiger partial charge in [-0.05, 0) is 36.4 Å². The molecule has 0 atom stereocenters. The highest BCUT2D eigenvalue weighted by Crippen LogP contribution is 2.24. The van der Waals surface area contributed by atoms with E-state index in [2.05, 4.69) is 31.4 Å². The Morgan fingerprint density at radius 2 is 1.92 bits per heavy atom. The number of rotatable bonds is 5. The first kappa shape index (κ1) is 17.7. The van der Waals surface area contributed by atoms with Gasteiger partial charge in [-0.1, -0.05) is 15.9 Å². The Hall–Kier alpha value is -3.09. The molecule has 0 aliphatic rings. The van der Waals surface area contributed by atoms with E-state index in [-0.39, 0.29) is 11.4 Å². The van der Waals surface area contributed by atoms with Gasteiger partial charge in [0.2, 0.25) is 0 Å². The van der Waals surface area contributed by atoms with Gasteiger partial charge in [0.25, 0.3) is 5.69 Å². The fraction of sp³-hybridized carbons (Fsp3) is 0. The van der Waals surface area contributed by atoms with Crippen molar-refractivity contribution in [2.75, 3.05) is 5.43 Å². The van der Waals surface area contributed by atoms with Crippen molar-refractivity contribution >= 4 is 44.4 Å². The summed E-state index contributed by atoms with van der Waals surface area (Å²) in [5.41, 5.74) is 5.11. The first-order chi connectivity index (χ1) is 12.6. The molecule has 1 N–H and O–H groups in total. The maximum atomic E-state index is 10.7. The number of thiazole rings is 1. The number of nitrogens with zero attached hydrogens (tertiary/aromatic N) is 4. The van der Waals surface area contributed by atoms with Crippen molar-refractivity contribution in [3.63, 3.8) is 0 Å². The summed E-state index contributed by atoms with van der Waals surface area (Å²) < 4.78 is 0.945. The van der Waals surface area contributed by atoms with E-state index >= 15 is 0 Å². The molecule has 0 aliphatic heterocycles. The van der Waals surface area contributed by atoms with Crippen LogP contribution in [0, 0.1) is 21.4 Å². The largest absolute Gasteiger partial charge is 0.277 e. The van der Waals surface area contributed by atoms with E-state index < -0.39 is 4.92 Å². The van der Waals surface area contributed by atoms with Crippen LogP contribution in [-0.4, -0.2) is 15.6 Å². The zero-order valence-corrected chi connectivity index (χ0v) is 15.5. The highest BCUT2D eigenvalue weighted by Gasteiger charge is 2.12. The summed E-state index contributed by atoms with van der Waals surface area (Å²) in [5, 5.41) is 26.4. The van der Waals surface area contributed by atoms with E-state index in [4.69, 9.17) is 0 Å². The number of nitriles is 1. The molecule has 26 heavy (non-hydrogen) atoms. The van der Waals surface area contributed by atoms with Crippen molar-refractivity contribution in [2.24, 2.45) is 5.10 Å². The Balaban J connectivity index is 1.80. The third-order valence-electron chi connectivity index (χ3n) is 3.33. The molecule has 0 saturated heterocycles. The molecule has 7 nitrogen and oxygen atoms in total. The fourth-order valence-corrected chi connectivity index (χ4v) is 3.06. The van der Waals surface area contributed by atoms with Crippen molar-refractivity contribution in [1.82, 2.24) is 4.98 Å². The number of hydrogen-bond donors (Lipinski definition) is 1. The van der Waals surface area contributed by atoms with E-state index in [1.54, 1.807) is 17.5 Å². The molecule has 0 amide bonds. The quantitative estimate of drug-likeness (QED) is 0.356. The summed E-state index contributed by atoms with van der Waals surface area (Å²) in [6.07, 6.45) is 0. The van der Waals surface area contributed by atoms with Crippen LogP contribution in [0.4, 0.5) is 11.4 Å². The number of anilines is 1. The number of benzene rings is 2.